The number of thiol groups is 1. The molecule has 2 rings (SSSR count). The Balaban J connectivity index is 2.09. The molecule has 1 atom stereocenters. The zero-order chi connectivity index (χ0) is 18.2. The predicted octanol–water partition coefficient (Wildman–Crippen LogP) is 3.25. The Labute approximate surface area is 152 Å². The number of carboxylic acid groups (broad SMARTS) is 1. The fourth-order valence-corrected chi connectivity index (χ4v) is 2.40. The molecule has 132 valence electrons. The molecule has 2 aromatic carbocycles. The van der Waals surface area contributed by atoms with Gasteiger partial charge in [0.1, 0.15) is 18.9 Å². The van der Waals surface area contributed by atoms with Gasteiger partial charge in [0.2, 0.25) is 5.91 Å². The van der Waals surface area contributed by atoms with Crippen molar-refractivity contribution in [1.82, 2.24) is 0 Å². The third-order valence-corrected chi connectivity index (χ3v) is 4.20. The van der Waals surface area contributed by atoms with E-state index in [0.29, 0.717) is 23.8 Å². The van der Waals surface area contributed by atoms with E-state index in [1.54, 1.807) is 31.2 Å². The number of hydrogen-bond acceptors (Lipinski definition) is 4. The highest BCUT2D eigenvalue weighted by atomic mass is 32.1. The van der Waals surface area contributed by atoms with E-state index >= 15 is 0 Å². The summed E-state index contributed by atoms with van der Waals surface area (Å²) in [7, 11) is 0. The Morgan fingerprint density at radius 1 is 1.12 bits per heavy atom. The van der Waals surface area contributed by atoms with Crippen LogP contribution in [0.1, 0.15) is 12.5 Å². The van der Waals surface area contributed by atoms with Crippen molar-refractivity contribution in [3.05, 3.63) is 60.2 Å². The van der Waals surface area contributed by atoms with Crippen molar-refractivity contribution in [2.75, 3.05) is 17.2 Å². The zero-order valence-electron chi connectivity index (χ0n) is 14.0. The van der Waals surface area contributed by atoms with E-state index in [1.165, 1.54) is 4.90 Å². The van der Waals surface area contributed by atoms with E-state index in [0.717, 1.165) is 5.56 Å². The van der Waals surface area contributed by atoms with Crippen molar-refractivity contribution in [2.24, 2.45) is 5.92 Å². The molecule has 2 aromatic rings. The molecule has 0 fully saturated rings. The molecular weight excluding hydrogens is 338 g/mol. The van der Waals surface area contributed by atoms with Crippen molar-refractivity contribution in [3.63, 3.8) is 0 Å². The van der Waals surface area contributed by atoms with Crippen LogP contribution in [0.15, 0.2) is 54.6 Å². The Morgan fingerprint density at radius 2 is 1.76 bits per heavy atom. The van der Waals surface area contributed by atoms with Gasteiger partial charge >= 0.3 is 5.97 Å². The van der Waals surface area contributed by atoms with Gasteiger partial charge in [-0.15, -0.1) is 0 Å². The Kier molecular flexibility index (Phi) is 6.89. The maximum atomic E-state index is 12.4. The SMILES string of the molecule is C[C@@H](CS)C(=O)N(CC(=O)O)c1ccc(OCc2ccccc2)cc1. The summed E-state index contributed by atoms with van der Waals surface area (Å²) in [6, 6.07) is 16.6. The van der Waals surface area contributed by atoms with Gasteiger partial charge in [0.25, 0.3) is 0 Å². The van der Waals surface area contributed by atoms with E-state index in [4.69, 9.17) is 9.84 Å². The number of nitrogens with zero attached hydrogens (tertiary/aromatic N) is 1. The lowest BCUT2D eigenvalue weighted by Gasteiger charge is -2.24. The smallest absolute Gasteiger partial charge is 0.323 e. The largest absolute Gasteiger partial charge is 0.489 e. The van der Waals surface area contributed by atoms with Crippen molar-refractivity contribution in [3.8, 4) is 5.75 Å². The minimum Gasteiger partial charge on any atom is -0.489 e. The first-order valence-corrected chi connectivity index (χ1v) is 8.55. The molecule has 0 radical (unpaired) electrons. The van der Waals surface area contributed by atoms with Gasteiger partial charge < -0.3 is 14.7 Å². The molecule has 0 aromatic heterocycles. The third kappa shape index (κ3) is 5.53. The molecule has 1 amide bonds. The fourth-order valence-electron chi connectivity index (χ4n) is 2.24. The Morgan fingerprint density at radius 3 is 2.32 bits per heavy atom. The molecular formula is C19H21NO4S. The summed E-state index contributed by atoms with van der Waals surface area (Å²) in [5, 5.41) is 9.08. The number of anilines is 1. The number of aliphatic carboxylic acids is 1. The number of benzene rings is 2. The van der Waals surface area contributed by atoms with Gasteiger partial charge in [-0.05, 0) is 29.8 Å². The second kappa shape index (κ2) is 9.13. The summed E-state index contributed by atoms with van der Waals surface area (Å²) in [5.41, 5.74) is 1.57. The summed E-state index contributed by atoms with van der Waals surface area (Å²) in [6.07, 6.45) is 0. The van der Waals surface area contributed by atoms with Crippen molar-refractivity contribution >= 4 is 30.2 Å². The van der Waals surface area contributed by atoms with Crippen LogP contribution in [-0.2, 0) is 16.2 Å². The number of carbonyl (C=O) groups excluding carboxylic acids is 1. The second-order valence-electron chi connectivity index (χ2n) is 5.67. The van der Waals surface area contributed by atoms with E-state index in [-0.39, 0.29) is 18.4 Å². The Hall–Kier alpha value is -2.47. The molecule has 0 aliphatic rings. The zero-order valence-corrected chi connectivity index (χ0v) is 14.9. The molecule has 1 N–H and O–H groups in total. The standard InChI is InChI=1S/C19H21NO4S/c1-14(13-25)19(23)20(11-18(21)22)16-7-9-17(10-8-16)24-12-15-5-3-2-4-6-15/h2-10,14,25H,11-13H2,1H3,(H,21,22)/t14-/m0/s1. The predicted molar refractivity (Wildman–Crippen MR) is 100 cm³/mol. The lowest BCUT2D eigenvalue weighted by atomic mass is 10.1. The molecule has 0 aliphatic carbocycles. The van der Waals surface area contributed by atoms with Crippen molar-refractivity contribution < 1.29 is 19.4 Å². The second-order valence-corrected chi connectivity index (χ2v) is 6.04. The van der Waals surface area contributed by atoms with Crippen LogP contribution in [0, 0.1) is 5.92 Å². The number of carbonyl (C=O) groups is 2. The van der Waals surface area contributed by atoms with E-state index < -0.39 is 5.97 Å². The number of amides is 1. The Bertz CT molecular complexity index is 703. The van der Waals surface area contributed by atoms with Gasteiger partial charge in [-0.25, -0.2) is 0 Å². The van der Waals surface area contributed by atoms with E-state index in [1.807, 2.05) is 30.3 Å². The maximum absolute atomic E-state index is 12.4. The lowest BCUT2D eigenvalue weighted by molar-refractivity contribution is -0.137. The molecule has 25 heavy (non-hydrogen) atoms. The third-order valence-electron chi connectivity index (χ3n) is 3.65. The first-order chi connectivity index (χ1) is 12.0. The first-order valence-electron chi connectivity index (χ1n) is 7.92. The summed E-state index contributed by atoms with van der Waals surface area (Å²) in [4.78, 5) is 24.7. The summed E-state index contributed by atoms with van der Waals surface area (Å²) in [6.45, 7) is 1.78. The van der Waals surface area contributed by atoms with Crippen LogP contribution in [0.5, 0.6) is 5.75 Å². The van der Waals surface area contributed by atoms with Crippen LogP contribution in [0.4, 0.5) is 5.69 Å². The van der Waals surface area contributed by atoms with Crippen LogP contribution < -0.4 is 9.64 Å². The molecule has 0 saturated heterocycles. The molecule has 0 bridgehead atoms. The van der Waals surface area contributed by atoms with Crippen LogP contribution in [0.25, 0.3) is 0 Å². The minimum atomic E-state index is -1.07. The molecule has 0 saturated carbocycles. The highest BCUT2D eigenvalue weighted by Gasteiger charge is 2.23. The van der Waals surface area contributed by atoms with Crippen LogP contribution in [-0.4, -0.2) is 29.3 Å². The van der Waals surface area contributed by atoms with Gasteiger partial charge in [-0.3, -0.25) is 9.59 Å². The van der Waals surface area contributed by atoms with Gasteiger partial charge in [-0.1, -0.05) is 37.3 Å². The van der Waals surface area contributed by atoms with Crippen LogP contribution >= 0.6 is 12.6 Å². The lowest BCUT2D eigenvalue weighted by Crippen LogP contribution is -2.39. The summed E-state index contributed by atoms with van der Waals surface area (Å²) in [5.74, 6) is -0.693. The molecule has 5 nitrogen and oxygen atoms in total. The average molecular weight is 359 g/mol. The quantitative estimate of drug-likeness (QED) is 0.710. The van der Waals surface area contributed by atoms with Gasteiger partial charge in [0.05, 0.1) is 0 Å². The number of ether oxygens (including phenoxy) is 1. The van der Waals surface area contributed by atoms with Crippen molar-refractivity contribution in [1.29, 1.82) is 0 Å². The number of carboxylic acids is 1. The van der Waals surface area contributed by atoms with E-state index in [9.17, 15) is 9.59 Å². The first kappa shape index (κ1) is 18.9. The van der Waals surface area contributed by atoms with Crippen molar-refractivity contribution in [2.45, 2.75) is 13.5 Å². The summed E-state index contributed by atoms with van der Waals surface area (Å²) < 4.78 is 5.70. The molecule has 0 heterocycles. The van der Waals surface area contributed by atoms with Crippen LogP contribution in [0.2, 0.25) is 0 Å². The topological polar surface area (TPSA) is 66.8 Å². The molecule has 0 unspecified atom stereocenters. The normalized spacial score (nSPS) is 11.6. The minimum absolute atomic E-state index is 0.268. The average Bonchev–Trinajstić information content (AvgIpc) is 2.64. The van der Waals surface area contributed by atoms with Gasteiger partial charge in [-0.2, -0.15) is 12.6 Å². The van der Waals surface area contributed by atoms with Gasteiger partial charge in [0.15, 0.2) is 0 Å². The molecule has 6 heteroatoms. The van der Waals surface area contributed by atoms with Gasteiger partial charge in [0, 0.05) is 17.4 Å². The fraction of sp³-hybridized carbons (Fsp3) is 0.263. The number of hydrogen-bond donors (Lipinski definition) is 2. The maximum Gasteiger partial charge on any atom is 0.323 e. The summed E-state index contributed by atoms with van der Waals surface area (Å²) >= 11 is 4.12. The highest BCUT2D eigenvalue weighted by Crippen LogP contribution is 2.22. The van der Waals surface area contributed by atoms with E-state index in [2.05, 4.69) is 12.6 Å². The molecule has 0 spiro atoms. The molecule has 0 aliphatic heterocycles. The monoisotopic (exact) mass is 359 g/mol. The number of rotatable bonds is 8. The van der Waals surface area contributed by atoms with Crippen LogP contribution in [0.3, 0.4) is 0 Å². The highest BCUT2D eigenvalue weighted by molar-refractivity contribution is 7.80.